The van der Waals surface area contributed by atoms with Gasteiger partial charge in [0.05, 0.1) is 10.8 Å². The Balaban J connectivity index is 2.34. The quantitative estimate of drug-likeness (QED) is 0.804. The first-order valence-electron chi connectivity index (χ1n) is 5.92. The van der Waals surface area contributed by atoms with Crippen LogP contribution in [-0.4, -0.2) is 25.8 Å². The molecule has 0 spiro atoms. The third-order valence-corrected chi connectivity index (χ3v) is 6.91. The van der Waals surface area contributed by atoms with Gasteiger partial charge in [0.25, 0.3) is 0 Å². The van der Waals surface area contributed by atoms with Crippen LogP contribution in [0.25, 0.3) is 0 Å². The molecule has 1 aliphatic rings. The van der Waals surface area contributed by atoms with Gasteiger partial charge < -0.3 is 0 Å². The number of rotatable bonds is 3. The van der Waals surface area contributed by atoms with Gasteiger partial charge in [-0.2, -0.15) is 4.31 Å². The first-order chi connectivity index (χ1) is 8.26. The summed E-state index contributed by atoms with van der Waals surface area (Å²) in [5, 5.41) is 0. The normalized spacial score (nSPS) is 20.4. The first kappa shape index (κ1) is 14.3. The van der Waals surface area contributed by atoms with E-state index in [2.05, 4.69) is 13.8 Å². The second-order valence-electron chi connectivity index (χ2n) is 5.52. The van der Waals surface area contributed by atoms with Crippen molar-refractivity contribution in [3.63, 3.8) is 0 Å². The molecule has 2 heterocycles. The van der Waals surface area contributed by atoms with Crippen molar-refractivity contribution in [2.75, 3.05) is 13.1 Å². The Labute approximate surface area is 118 Å². The molecule has 0 bridgehead atoms. The number of halogens is 1. The molecule has 6 heteroatoms. The van der Waals surface area contributed by atoms with Gasteiger partial charge in [-0.05, 0) is 24.8 Å². The van der Waals surface area contributed by atoms with E-state index in [1.807, 2.05) is 6.92 Å². The maximum Gasteiger partial charge on any atom is 0.244 e. The number of thiophene rings is 1. The van der Waals surface area contributed by atoms with Crippen molar-refractivity contribution in [2.24, 2.45) is 5.41 Å². The van der Waals surface area contributed by atoms with E-state index in [1.165, 1.54) is 11.3 Å². The third-order valence-electron chi connectivity index (χ3n) is 3.32. The number of hydrogen-bond acceptors (Lipinski definition) is 3. The largest absolute Gasteiger partial charge is 0.244 e. The fourth-order valence-corrected chi connectivity index (χ4v) is 5.58. The van der Waals surface area contributed by atoms with E-state index < -0.39 is 10.0 Å². The lowest BCUT2D eigenvalue weighted by atomic mass is 9.93. The molecule has 3 nitrogen and oxygen atoms in total. The Bertz CT molecular complexity index is 548. The molecule has 0 radical (unpaired) electrons. The van der Waals surface area contributed by atoms with E-state index in [0.29, 0.717) is 23.9 Å². The Hall–Kier alpha value is -0.100. The number of alkyl halides is 1. The minimum Gasteiger partial charge on any atom is -0.207 e. The van der Waals surface area contributed by atoms with Gasteiger partial charge in [-0.25, -0.2) is 8.42 Å². The highest BCUT2D eigenvalue weighted by atomic mass is 35.5. The number of hydrogen-bond donors (Lipinski definition) is 0. The van der Waals surface area contributed by atoms with Crippen molar-refractivity contribution < 1.29 is 8.42 Å². The topological polar surface area (TPSA) is 37.4 Å². The van der Waals surface area contributed by atoms with Crippen LogP contribution in [0.2, 0.25) is 0 Å². The monoisotopic (exact) mass is 307 g/mol. The minimum absolute atomic E-state index is 0.0757. The second-order valence-corrected chi connectivity index (χ2v) is 9.03. The lowest BCUT2D eigenvalue weighted by molar-refractivity contribution is 0.375. The molecule has 18 heavy (non-hydrogen) atoms. The Morgan fingerprint density at radius 2 is 2.17 bits per heavy atom. The van der Waals surface area contributed by atoms with Crippen LogP contribution >= 0.6 is 22.9 Å². The van der Waals surface area contributed by atoms with Crippen LogP contribution in [0, 0.1) is 12.3 Å². The zero-order chi connectivity index (χ0) is 13.6. The Kier molecular flexibility index (Phi) is 3.80. The molecule has 0 unspecified atom stereocenters. The van der Waals surface area contributed by atoms with Gasteiger partial charge in [-0.1, -0.05) is 13.8 Å². The summed E-state index contributed by atoms with van der Waals surface area (Å²) in [4.78, 5) is 2.17. The highest BCUT2D eigenvalue weighted by molar-refractivity contribution is 7.89. The SMILES string of the molecule is Cc1sc(CCl)cc1S(=O)(=O)N1CCC(C)(C)C1. The minimum atomic E-state index is -3.34. The number of nitrogens with zero attached hydrogens (tertiary/aromatic N) is 1. The zero-order valence-corrected chi connectivity index (χ0v) is 13.3. The summed E-state index contributed by atoms with van der Waals surface area (Å²) in [6.07, 6.45) is 0.914. The van der Waals surface area contributed by atoms with Crippen molar-refractivity contribution in [1.82, 2.24) is 4.31 Å². The molecule has 0 amide bonds. The molecule has 0 aliphatic carbocycles. The van der Waals surface area contributed by atoms with Crippen LogP contribution in [-0.2, 0) is 15.9 Å². The average molecular weight is 308 g/mol. The van der Waals surface area contributed by atoms with Crippen LogP contribution in [0.15, 0.2) is 11.0 Å². The molecule has 1 aromatic heterocycles. The molecule has 0 aromatic carbocycles. The molecule has 0 atom stereocenters. The third kappa shape index (κ3) is 2.59. The zero-order valence-electron chi connectivity index (χ0n) is 10.9. The van der Waals surface area contributed by atoms with E-state index in [1.54, 1.807) is 10.4 Å². The van der Waals surface area contributed by atoms with Gasteiger partial charge in [-0.3, -0.25) is 0 Å². The van der Waals surface area contributed by atoms with E-state index in [0.717, 1.165) is 16.2 Å². The van der Waals surface area contributed by atoms with Crippen LogP contribution in [0.3, 0.4) is 0 Å². The molecule has 1 saturated heterocycles. The van der Waals surface area contributed by atoms with Gasteiger partial charge in [0, 0.05) is 22.8 Å². The summed E-state index contributed by atoms with van der Waals surface area (Å²) in [5.41, 5.74) is 0.0757. The van der Waals surface area contributed by atoms with Crippen molar-refractivity contribution >= 4 is 33.0 Å². The Morgan fingerprint density at radius 1 is 1.50 bits per heavy atom. The predicted molar refractivity (Wildman–Crippen MR) is 75.8 cm³/mol. The van der Waals surface area contributed by atoms with Gasteiger partial charge in [-0.15, -0.1) is 22.9 Å². The van der Waals surface area contributed by atoms with Gasteiger partial charge in [0.15, 0.2) is 0 Å². The molecule has 102 valence electrons. The smallest absolute Gasteiger partial charge is 0.207 e. The summed E-state index contributed by atoms with van der Waals surface area (Å²) in [5.74, 6) is 0.368. The van der Waals surface area contributed by atoms with Gasteiger partial charge in [0.1, 0.15) is 0 Å². The standard InChI is InChI=1S/C12H18ClNO2S2/c1-9-11(6-10(7-13)17-9)18(15,16)14-5-4-12(2,3)8-14/h6H,4-5,7-8H2,1-3H3. The lowest BCUT2D eigenvalue weighted by Crippen LogP contribution is -2.30. The van der Waals surface area contributed by atoms with Crippen molar-refractivity contribution in [3.05, 3.63) is 15.8 Å². The van der Waals surface area contributed by atoms with E-state index in [-0.39, 0.29) is 5.41 Å². The highest BCUT2D eigenvalue weighted by Gasteiger charge is 2.37. The summed E-state index contributed by atoms with van der Waals surface area (Å²) < 4.78 is 26.7. The summed E-state index contributed by atoms with van der Waals surface area (Å²) in [7, 11) is -3.34. The average Bonchev–Trinajstić information content (AvgIpc) is 2.82. The van der Waals surface area contributed by atoms with Crippen LogP contribution < -0.4 is 0 Å². The first-order valence-corrected chi connectivity index (χ1v) is 8.71. The number of sulfonamides is 1. The highest BCUT2D eigenvalue weighted by Crippen LogP contribution is 2.35. The predicted octanol–water partition coefficient (Wildman–Crippen LogP) is 3.22. The maximum absolute atomic E-state index is 12.6. The van der Waals surface area contributed by atoms with E-state index in [9.17, 15) is 8.42 Å². The fraction of sp³-hybridized carbons (Fsp3) is 0.667. The lowest BCUT2D eigenvalue weighted by Gasteiger charge is -2.19. The molecule has 0 N–H and O–H groups in total. The van der Waals surface area contributed by atoms with E-state index in [4.69, 9.17) is 11.6 Å². The molecule has 1 fully saturated rings. The molecule has 0 saturated carbocycles. The van der Waals surface area contributed by atoms with Crippen LogP contribution in [0.4, 0.5) is 0 Å². The molecular formula is C12H18ClNO2S2. The summed E-state index contributed by atoms with van der Waals surface area (Å²) in [6, 6.07) is 1.72. The molecule has 2 rings (SSSR count). The molecule has 1 aliphatic heterocycles. The molecular weight excluding hydrogens is 290 g/mol. The number of aryl methyl sites for hydroxylation is 1. The van der Waals surface area contributed by atoms with Crippen LogP contribution in [0.1, 0.15) is 30.0 Å². The van der Waals surface area contributed by atoms with E-state index >= 15 is 0 Å². The van der Waals surface area contributed by atoms with Gasteiger partial charge >= 0.3 is 0 Å². The van der Waals surface area contributed by atoms with Crippen LogP contribution in [0.5, 0.6) is 0 Å². The second kappa shape index (κ2) is 4.78. The fourth-order valence-electron chi connectivity index (χ4n) is 2.25. The van der Waals surface area contributed by atoms with Crippen molar-refractivity contribution in [1.29, 1.82) is 0 Å². The maximum atomic E-state index is 12.6. The Morgan fingerprint density at radius 3 is 2.61 bits per heavy atom. The summed E-state index contributed by atoms with van der Waals surface area (Å²) >= 11 is 7.23. The molecule has 1 aromatic rings. The summed E-state index contributed by atoms with van der Waals surface area (Å²) in [6.45, 7) is 7.26. The van der Waals surface area contributed by atoms with Crippen molar-refractivity contribution in [2.45, 2.75) is 38.0 Å². The van der Waals surface area contributed by atoms with Crippen molar-refractivity contribution in [3.8, 4) is 0 Å². The van der Waals surface area contributed by atoms with Gasteiger partial charge in [0.2, 0.25) is 10.0 Å².